The Labute approximate surface area is 156 Å². The van der Waals surface area contributed by atoms with Crippen LogP contribution in [0.5, 0.6) is 0 Å². The fourth-order valence-electron chi connectivity index (χ4n) is 3.70. The highest BCUT2D eigenvalue weighted by molar-refractivity contribution is 5.97. The second kappa shape index (κ2) is 5.95. The number of aromatic nitrogens is 3. The molecule has 1 amide bonds. The molecule has 138 valence electrons. The van der Waals surface area contributed by atoms with Crippen LogP contribution >= 0.6 is 0 Å². The maximum atomic E-state index is 14.1. The zero-order valence-corrected chi connectivity index (χ0v) is 14.5. The lowest BCUT2D eigenvalue weighted by molar-refractivity contribution is 0.0991. The molecule has 1 aromatic heterocycles. The van der Waals surface area contributed by atoms with E-state index >= 15 is 0 Å². The van der Waals surface area contributed by atoms with Gasteiger partial charge in [-0.05, 0) is 29.8 Å². The summed E-state index contributed by atoms with van der Waals surface area (Å²) in [5.74, 6) is -1.54. The predicted octanol–water partition coefficient (Wildman–Crippen LogP) is 1.97. The Morgan fingerprint density at radius 1 is 1.04 bits per heavy atom. The second-order valence-corrected chi connectivity index (χ2v) is 6.58. The first kappa shape index (κ1) is 16.5. The summed E-state index contributed by atoms with van der Waals surface area (Å²) in [5.41, 5.74) is 1.28. The van der Waals surface area contributed by atoms with E-state index in [1.54, 1.807) is 23.9 Å². The monoisotopic (exact) mass is 378 g/mol. The molecule has 0 bridgehead atoms. The van der Waals surface area contributed by atoms with Crippen molar-refractivity contribution in [1.29, 1.82) is 0 Å². The van der Waals surface area contributed by atoms with Gasteiger partial charge < -0.3 is 0 Å². The SMILES string of the molecule is Cn1ncnc1[C@H]1C2=c3c(cc(F)cc3=N[C@@H]1c1ccc(F)cc1)C(=O)N=N2. The number of aryl methyl sites for hydroxylation is 1. The summed E-state index contributed by atoms with van der Waals surface area (Å²) in [6.07, 6.45) is 1.41. The third kappa shape index (κ3) is 2.39. The van der Waals surface area contributed by atoms with Gasteiger partial charge in [0.15, 0.2) is 0 Å². The first-order valence-electron chi connectivity index (χ1n) is 8.50. The van der Waals surface area contributed by atoms with Crippen molar-refractivity contribution in [3.63, 3.8) is 0 Å². The average molecular weight is 378 g/mol. The molecule has 0 radical (unpaired) electrons. The molecule has 2 atom stereocenters. The van der Waals surface area contributed by atoms with Gasteiger partial charge in [0, 0.05) is 12.3 Å². The smallest absolute Gasteiger partial charge is 0.275 e. The fourth-order valence-corrected chi connectivity index (χ4v) is 3.70. The minimum Gasteiger partial charge on any atom is -0.275 e. The predicted molar refractivity (Wildman–Crippen MR) is 92.7 cm³/mol. The van der Waals surface area contributed by atoms with E-state index in [4.69, 9.17) is 4.99 Å². The number of hydrogen-bond donors (Lipinski definition) is 0. The Hall–Kier alpha value is -3.62. The molecule has 3 aromatic rings. The molecule has 0 fully saturated rings. The third-order valence-corrected chi connectivity index (χ3v) is 4.94. The van der Waals surface area contributed by atoms with E-state index in [0.29, 0.717) is 27.7 Å². The van der Waals surface area contributed by atoms with Gasteiger partial charge >= 0.3 is 0 Å². The molecule has 0 saturated carbocycles. The van der Waals surface area contributed by atoms with Crippen LogP contribution in [0.25, 0.3) is 5.70 Å². The van der Waals surface area contributed by atoms with Crippen molar-refractivity contribution in [2.45, 2.75) is 12.0 Å². The van der Waals surface area contributed by atoms with Crippen molar-refractivity contribution in [3.8, 4) is 0 Å². The lowest BCUT2D eigenvalue weighted by Crippen LogP contribution is -2.41. The van der Waals surface area contributed by atoms with Crippen molar-refractivity contribution < 1.29 is 13.6 Å². The molecule has 0 N–H and O–H groups in total. The Bertz CT molecular complexity index is 1280. The minimum absolute atomic E-state index is 0.119. The first-order valence-corrected chi connectivity index (χ1v) is 8.50. The van der Waals surface area contributed by atoms with Crippen LogP contribution in [0.3, 0.4) is 0 Å². The maximum Gasteiger partial charge on any atom is 0.296 e. The quantitative estimate of drug-likeness (QED) is 0.683. The van der Waals surface area contributed by atoms with E-state index in [-0.39, 0.29) is 11.4 Å². The highest BCUT2D eigenvalue weighted by atomic mass is 19.1. The van der Waals surface area contributed by atoms with Crippen LogP contribution in [0.15, 0.2) is 57.9 Å². The van der Waals surface area contributed by atoms with Crippen LogP contribution < -0.4 is 10.6 Å². The van der Waals surface area contributed by atoms with E-state index in [9.17, 15) is 13.6 Å². The Morgan fingerprint density at radius 2 is 1.82 bits per heavy atom. The maximum absolute atomic E-state index is 14.1. The number of azo groups is 1. The van der Waals surface area contributed by atoms with Crippen LogP contribution in [0.2, 0.25) is 0 Å². The third-order valence-electron chi connectivity index (χ3n) is 4.94. The first-order chi connectivity index (χ1) is 13.5. The van der Waals surface area contributed by atoms with E-state index in [1.165, 1.54) is 24.5 Å². The van der Waals surface area contributed by atoms with Crippen molar-refractivity contribution >= 4 is 11.6 Å². The van der Waals surface area contributed by atoms with Crippen LogP contribution in [-0.2, 0) is 7.05 Å². The molecule has 28 heavy (non-hydrogen) atoms. The lowest BCUT2D eigenvalue weighted by Gasteiger charge is -2.28. The van der Waals surface area contributed by atoms with Gasteiger partial charge in [0.1, 0.15) is 23.8 Å². The Balaban J connectivity index is 1.86. The van der Waals surface area contributed by atoms with Crippen molar-refractivity contribution in [1.82, 2.24) is 14.8 Å². The van der Waals surface area contributed by atoms with Gasteiger partial charge in [0.25, 0.3) is 5.91 Å². The van der Waals surface area contributed by atoms with Gasteiger partial charge in [-0.3, -0.25) is 14.5 Å². The molecule has 9 heteroatoms. The largest absolute Gasteiger partial charge is 0.296 e. The number of nitrogens with zero attached hydrogens (tertiary/aromatic N) is 6. The summed E-state index contributed by atoms with van der Waals surface area (Å²) in [7, 11) is 1.73. The molecule has 2 aliphatic heterocycles. The summed E-state index contributed by atoms with van der Waals surface area (Å²) in [6, 6.07) is 7.74. The van der Waals surface area contributed by atoms with Gasteiger partial charge in [-0.15, -0.1) is 5.11 Å². The summed E-state index contributed by atoms with van der Waals surface area (Å²) in [6.45, 7) is 0. The van der Waals surface area contributed by atoms with Crippen molar-refractivity contribution in [2.75, 3.05) is 0 Å². The zero-order valence-electron chi connectivity index (χ0n) is 14.5. The zero-order chi connectivity index (χ0) is 19.4. The molecule has 3 heterocycles. The van der Waals surface area contributed by atoms with Crippen LogP contribution in [-0.4, -0.2) is 20.7 Å². The second-order valence-electron chi connectivity index (χ2n) is 6.58. The number of halogens is 2. The Morgan fingerprint density at radius 3 is 2.54 bits per heavy atom. The summed E-state index contributed by atoms with van der Waals surface area (Å²) < 4.78 is 29.1. The summed E-state index contributed by atoms with van der Waals surface area (Å²) in [5, 5.41) is 12.7. The highest BCUT2D eigenvalue weighted by Crippen LogP contribution is 2.41. The molecule has 0 aliphatic carbocycles. The molecular weight excluding hydrogens is 366 g/mol. The van der Waals surface area contributed by atoms with E-state index < -0.39 is 23.7 Å². The number of amides is 1. The number of rotatable bonds is 2. The summed E-state index contributed by atoms with van der Waals surface area (Å²) >= 11 is 0. The number of hydrogen-bond acceptors (Lipinski definition) is 5. The van der Waals surface area contributed by atoms with E-state index in [2.05, 4.69) is 20.3 Å². The van der Waals surface area contributed by atoms with Gasteiger partial charge in [-0.2, -0.15) is 10.2 Å². The standard InChI is InChI=1S/C19H12F2N6O/c1-27-18(22-8-23-27)15-16(9-2-4-10(20)5-3-9)24-13-7-11(21)6-12-14(13)17(15)25-26-19(12)28/h2-8,15-16H,1H3/t15-,16-/m1/s1. The molecule has 0 unspecified atom stereocenters. The Kier molecular flexibility index (Phi) is 3.51. The molecule has 0 saturated heterocycles. The fraction of sp³-hybridized carbons (Fsp3) is 0.158. The van der Waals surface area contributed by atoms with Crippen molar-refractivity contribution in [3.05, 3.63) is 81.9 Å². The van der Waals surface area contributed by atoms with E-state index in [1.807, 2.05) is 0 Å². The van der Waals surface area contributed by atoms with Crippen LogP contribution in [0.4, 0.5) is 8.78 Å². The van der Waals surface area contributed by atoms with Gasteiger partial charge in [0.2, 0.25) is 0 Å². The lowest BCUT2D eigenvalue weighted by atomic mass is 9.85. The van der Waals surface area contributed by atoms with Gasteiger partial charge in [-0.1, -0.05) is 12.1 Å². The topological polar surface area (TPSA) is 84.9 Å². The molecule has 5 rings (SSSR count). The molecular formula is C19H12F2N6O. The molecule has 7 nitrogen and oxygen atoms in total. The van der Waals surface area contributed by atoms with E-state index in [0.717, 1.165) is 6.07 Å². The number of benzene rings is 2. The summed E-state index contributed by atoms with van der Waals surface area (Å²) in [4.78, 5) is 21.2. The van der Waals surface area contributed by atoms with Crippen molar-refractivity contribution in [2.24, 2.45) is 22.3 Å². The molecule has 2 aliphatic rings. The number of carbonyl (C=O) groups excluding carboxylic acids is 1. The molecule has 2 aromatic carbocycles. The van der Waals surface area contributed by atoms with Crippen LogP contribution in [0, 0.1) is 11.6 Å². The number of carbonyl (C=O) groups is 1. The minimum atomic E-state index is -0.619. The van der Waals surface area contributed by atoms with Gasteiger partial charge in [-0.25, -0.2) is 13.8 Å². The average Bonchev–Trinajstić information content (AvgIpc) is 3.10. The molecule has 0 spiro atoms. The van der Waals surface area contributed by atoms with Gasteiger partial charge in [0.05, 0.1) is 28.6 Å². The normalized spacial score (nSPS) is 20.1. The van der Waals surface area contributed by atoms with Crippen LogP contribution in [0.1, 0.15) is 33.7 Å². The highest BCUT2D eigenvalue weighted by Gasteiger charge is 2.37.